The van der Waals surface area contributed by atoms with E-state index in [4.69, 9.17) is 0 Å². The summed E-state index contributed by atoms with van der Waals surface area (Å²) in [6.45, 7) is 7.67. The fraction of sp³-hybridized carbons (Fsp3) is 0.235. The molecule has 0 amide bonds. The van der Waals surface area contributed by atoms with Crippen molar-refractivity contribution in [3.63, 3.8) is 0 Å². The van der Waals surface area contributed by atoms with Crippen LogP contribution in [0, 0.1) is 27.7 Å². The van der Waals surface area contributed by atoms with Crippen LogP contribution < -0.4 is 4.72 Å². The largest absolute Gasteiger partial charge is 0.282 e. The summed E-state index contributed by atoms with van der Waals surface area (Å²) in [4.78, 5) is 1.86. The second-order valence-electron chi connectivity index (χ2n) is 5.87. The standard InChI is InChI=1S/C17H19N3O2S2/c1-10-5-6-14(7-11(10)2)20-24(21,22)17-9-16(23-13(17)4)15-8-12(3)18-19-15/h5-9,20H,1-4H3,(H,18,19). The van der Waals surface area contributed by atoms with E-state index in [0.717, 1.165) is 32.3 Å². The zero-order valence-corrected chi connectivity index (χ0v) is 15.6. The van der Waals surface area contributed by atoms with Crippen molar-refractivity contribution in [2.75, 3.05) is 4.72 Å². The van der Waals surface area contributed by atoms with Crippen LogP contribution in [0.4, 0.5) is 5.69 Å². The van der Waals surface area contributed by atoms with Gasteiger partial charge in [-0.15, -0.1) is 11.3 Å². The molecular formula is C17H19N3O2S2. The van der Waals surface area contributed by atoms with Gasteiger partial charge < -0.3 is 0 Å². The van der Waals surface area contributed by atoms with Gasteiger partial charge in [-0.1, -0.05) is 6.07 Å². The predicted octanol–water partition coefficient (Wildman–Crippen LogP) is 4.17. The number of hydrogen-bond donors (Lipinski definition) is 2. The van der Waals surface area contributed by atoms with Crippen molar-refractivity contribution in [3.05, 3.63) is 52.0 Å². The molecule has 3 aromatic rings. The Hall–Kier alpha value is -2.12. The van der Waals surface area contributed by atoms with E-state index in [2.05, 4.69) is 14.9 Å². The molecule has 0 fully saturated rings. The summed E-state index contributed by atoms with van der Waals surface area (Å²) in [7, 11) is -3.63. The van der Waals surface area contributed by atoms with Crippen LogP contribution in [0.1, 0.15) is 21.7 Å². The van der Waals surface area contributed by atoms with Gasteiger partial charge in [0.05, 0.1) is 4.88 Å². The zero-order chi connectivity index (χ0) is 17.5. The molecule has 126 valence electrons. The third kappa shape index (κ3) is 3.22. The molecule has 0 radical (unpaired) electrons. The van der Waals surface area contributed by atoms with Crippen LogP contribution in [0.3, 0.4) is 0 Å². The van der Waals surface area contributed by atoms with Crippen molar-refractivity contribution in [2.24, 2.45) is 0 Å². The number of benzene rings is 1. The predicted molar refractivity (Wildman–Crippen MR) is 98.1 cm³/mol. The highest BCUT2D eigenvalue weighted by atomic mass is 32.2. The highest BCUT2D eigenvalue weighted by molar-refractivity contribution is 7.93. The van der Waals surface area contributed by atoms with E-state index in [1.54, 1.807) is 12.1 Å². The van der Waals surface area contributed by atoms with Gasteiger partial charge >= 0.3 is 0 Å². The van der Waals surface area contributed by atoms with Crippen molar-refractivity contribution >= 4 is 27.0 Å². The average molecular weight is 361 g/mol. The molecule has 0 aliphatic carbocycles. The van der Waals surface area contributed by atoms with E-state index < -0.39 is 10.0 Å². The second-order valence-corrected chi connectivity index (χ2v) is 8.78. The zero-order valence-electron chi connectivity index (χ0n) is 14.0. The maximum absolute atomic E-state index is 12.7. The Balaban J connectivity index is 1.95. The van der Waals surface area contributed by atoms with Gasteiger partial charge in [-0.05, 0) is 63.1 Å². The lowest BCUT2D eigenvalue weighted by molar-refractivity contribution is 0.601. The maximum atomic E-state index is 12.7. The Morgan fingerprint density at radius 1 is 1.04 bits per heavy atom. The molecule has 2 N–H and O–H groups in total. The highest BCUT2D eigenvalue weighted by Crippen LogP contribution is 2.33. The summed E-state index contributed by atoms with van der Waals surface area (Å²) in [6, 6.07) is 9.11. The van der Waals surface area contributed by atoms with Crippen LogP contribution in [0.15, 0.2) is 35.2 Å². The van der Waals surface area contributed by atoms with Gasteiger partial charge in [0, 0.05) is 16.3 Å². The summed E-state index contributed by atoms with van der Waals surface area (Å²) in [5.41, 5.74) is 4.44. The summed E-state index contributed by atoms with van der Waals surface area (Å²) < 4.78 is 28.1. The first-order valence-electron chi connectivity index (χ1n) is 7.49. The Morgan fingerprint density at radius 2 is 1.79 bits per heavy atom. The molecule has 0 unspecified atom stereocenters. The minimum atomic E-state index is -3.63. The lowest BCUT2D eigenvalue weighted by Crippen LogP contribution is -2.13. The van der Waals surface area contributed by atoms with E-state index in [1.165, 1.54) is 11.3 Å². The first-order valence-corrected chi connectivity index (χ1v) is 9.79. The molecule has 0 spiro atoms. The first-order chi connectivity index (χ1) is 11.3. The molecule has 0 saturated heterocycles. The van der Waals surface area contributed by atoms with Crippen molar-refractivity contribution < 1.29 is 8.42 Å². The Morgan fingerprint density at radius 3 is 2.42 bits per heavy atom. The van der Waals surface area contributed by atoms with E-state index >= 15 is 0 Å². The van der Waals surface area contributed by atoms with Gasteiger partial charge in [-0.3, -0.25) is 9.82 Å². The molecule has 3 rings (SSSR count). The topological polar surface area (TPSA) is 74.8 Å². The van der Waals surface area contributed by atoms with Crippen LogP contribution in [-0.4, -0.2) is 18.6 Å². The third-order valence-corrected chi connectivity index (χ3v) is 6.59. The number of sulfonamides is 1. The monoisotopic (exact) mass is 361 g/mol. The quantitative estimate of drug-likeness (QED) is 0.732. The molecule has 0 aliphatic rings. The molecule has 0 atom stereocenters. The van der Waals surface area contributed by atoms with E-state index in [-0.39, 0.29) is 0 Å². The molecule has 7 heteroatoms. The van der Waals surface area contributed by atoms with Crippen molar-refractivity contribution in [2.45, 2.75) is 32.6 Å². The number of rotatable bonds is 4. The molecule has 0 aliphatic heterocycles. The van der Waals surface area contributed by atoms with Crippen LogP contribution >= 0.6 is 11.3 Å². The number of nitrogens with one attached hydrogen (secondary N) is 2. The molecule has 1 aromatic carbocycles. The summed E-state index contributed by atoms with van der Waals surface area (Å²) in [5.74, 6) is 0. The normalized spacial score (nSPS) is 11.7. The van der Waals surface area contributed by atoms with Gasteiger partial charge in [0.25, 0.3) is 10.0 Å². The number of aromatic nitrogens is 2. The minimum absolute atomic E-state index is 0.293. The van der Waals surface area contributed by atoms with Gasteiger partial charge in [-0.25, -0.2) is 8.42 Å². The van der Waals surface area contributed by atoms with Crippen molar-refractivity contribution in [3.8, 4) is 10.6 Å². The number of anilines is 1. The number of hydrogen-bond acceptors (Lipinski definition) is 4. The number of aromatic amines is 1. The molecule has 24 heavy (non-hydrogen) atoms. The minimum Gasteiger partial charge on any atom is -0.282 e. The summed E-state index contributed by atoms with van der Waals surface area (Å²) in [6.07, 6.45) is 0. The summed E-state index contributed by atoms with van der Waals surface area (Å²) in [5, 5.41) is 7.08. The summed E-state index contributed by atoms with van der Waals surface area (Å²) >= 11 is 1.42. The van der Waals surface area contributed by atoms with E-state index in [9.17, 15) is 8.42 Å². The van der Waals surface area contributed by atoms with Crippen LogP contribution in [0.5, 0.6) is 0 Å². The number of nitrogens with zero attached hydrogens (tertiary/aromatic N) is 1. The van der Waals surface area contributed by atoms with Gasteiger partial charge in [-0.2, -0.15) is 5.10 Å². The second kappa shape index (κ2) is 6.07. The van der Waals surface area contributed by atoms with Crippen molar-refractivity contribution in [1.82, 2.24) is 10.2 Å². The fourth-order valence-electron chi connectivity index (χ4n) is 2.42. The fourth-order valence-corrected chi connectivity index (χ4v) is 5.02. The number of H-pyrrole nitrogens is 1. The van der Waals surface area contributed by atoms with Gasteiger partial charge in [0.15, 0.2) is 0 Å². The van der Waals surface area contributed by atoms with E-state index in [1.807, 2.05) is 45.9 Å². The highest BCUT2D eigenvalue weighted by Gasteiger charge is 2.21. The maximum Gasteiger partial charge on any atom is 0.263 e. The Labute approximate surface area is 145 Å². The molecule has 2 aromatic heterocycles. The molecule has 2 heterocycles. The van der Waals surface area contributed by atoms with Gasteiger partial charge in [0.2, 0.25) is 0 Å². The third-order valence-electron chi connectivity index (χ3n) is 3.88. The van der Waals surface area contributed by atoms with Crippen LogP contribution in [0.25, 0.3) is 10.6 Å². The van der Waals surface area contributed by atoms with Crippen molar-refractivity contribution in [1.29, 1.82) is 0 Å². The average Bonchev–Trinajstić information content (AvgIpc) is 3.09. The molecule has 0 bridgehead atoms. The van der Waals surface area contributed by atoms with Crippen LogP contribution in [-0.2, 0) is 10.0 Å². The number of thiophene rings is 1. The van der Waals surface area contributed by atoms with Gasteiger partial charge in [0.1, 0.15) is 10.6 Å². The Kier molecular flexibility index (Phi) is 4.23. The first kappa shape index (κ1) is 16.7. The Bertz CT molecular complexity index is 1000. The molecule has 5 nitrogen and oxygen atoms in total. The molecule has 0 saturated carbocycles. The lowest BCUT2D eigenvalue weighted by Gasteiger charge is -2.09. The van der Waals surface area contributed by atoms with Crippen LogP contribution in [0.2, 0.25) is 0 Å². The van der Waals surface area contributed by atoms with E-state index in [0.29, 0.717) is 10.6 Å². The molecular weight excluding hydrogens is 342 g/mol. The number of aryl methyl sites for hydroxylation is 4. The SMILES string of the molecule is Cc1cc(-c2cc(S(=O)(=O)Nc3ccc(C)c(C)c3)c(C)s2)n[nH]1. The lowest BCUT2D eigenvalue weighted by atomic mass is 10.1. The smallest absolute Gasteiger partial charge is 0.263 e.